The SMILES string of the molecule is CCC([O])CCC(F)(F)F. The fourth-order valence-electron chi connectivity index (χ4n) is 0.529. The van der Waals surface area contributed by atoms with Gasteiger partial charge in [-0.25, -0.2) is 5.11 Å². The molecule has 0 aromatic carbocycles. The number of alkyl halides is 3. The van der Waals surface area contributed by atoms with E-state index in [1.165, 1.54) is 0 Å². The molecular formula is C6H10F3O. The van der Waals surface area contributed by atoms with Gasteiger partial charge in [0, 0.05) is 6.42 Å². The molecule has 61 valence electrons. The standard InChI is InChI=1S/C6H10F3O/c1-2-5(10)3-4-6(7,8)9/h5H,2-4H2,1H3. The Morgan fingerprint density at radius 2 is 1.90 bits per heavy atom. The zero-order valence-electron chi connectivity index (χ0n) is 5.74. The maximum atomic E-state index is 11.4. The molecule has 0 heterocycles. The van der Waals surface area contributed by atoms with Gasteiger partial charge in [-0.2, -0.15) is 13.2 Å². The van der Waals surface area contributed by atoms with E-state index in [-0.39, 0.29) is 12.8 Å². The number of hydrogen-bond donors (Lipinski definition) is 0. The summed E-state index contributed by atoms with van der Waals surface area (Å²) >= 11 is 0. The molecule has 0 aliphatic carbocycles. The third-order valence-corrected chi connectivity index (χ3v) is 1.21. The van der Waals surface area contributed by atoms with Gasteiger partial charge >= 0.3 is 6.18 Å². The van der Waals surface area contributed by atoms with Gasteiger partial charge in [-0.15, -0.1) is 0 Å². The van der Waals surface area contributed by atoms with Crippen LogP contribution in [-0.4, -0.2) is 12.3 Å². The Morgan fingerprint density at radius 1 is 1.40 bits per heavy atom. The van der Waals surface area contributed by atoms with Gasteiger partial charge in [0.05, 0.1) is 6.10 Å². The minimum atomic E-state index is -4.17. The number of hydrogen-bond acceptors (Lipinski definition) is 0. The van der Waals surface area contributed by atoms with E-state index in [9.17, 15) is 18.3 Å². The second-order valence-electron chi connectivity index (χ2n) is 2.18. The summed E-state index contributed by atoms with van der Waals surface area (Å²) in [6.45, 7) is 1.59. The van der Waals surface area contributed by atoms with Crippen LogP contribution in [-0.2, 0) is 5.11 Å². The van der Waals surface area contributed by atoms with Crippen molar-refractivity contribution >= 4 is 0 Å². The Kier molecular flexibility index (Phi) is 3.71. The van der Waals surface area contributed by atoms with E-state index in [0.717, 1.165) is 0 Å². The van der Waals surface area contributed by atoms with Crippen molar-refractivity contribution < 1.29 is 18.3 Å². The first-order chi connectivity index (χ1) is 4.45. The van der Waals surface area contributed by atoms with Crippen molar-refractivity contribution in [1.29, 1.82) is 0 Å². The summed E-state index contributed by atoms with van der Waals surface area (Å²) in [7, 11) is 0. The fraction of sp³-hybridized carbons (Fsp3) is 1.00. The molecule has 0 aromatic rings. The van der Waals surface area contributed by atoms with E-state index in [0.29, 0.717) is 0 Å². The molecule has 0 fully saturated rings. The molecule has 1 unspecified atom stereocenters. The molecule has 0 saturated heterocycles. The Bertz CT molecular complexity index is 89.5. The molecule has 0 N–H and O–H groups in total. The van der Waals surface area contributed by atoms with Gasteiger partial charge in [0.1, 0.15) is 0 Å². The van der Waals surface area contributed by atoms with Crippen molar-refractivity contribution in [3.8, 4) is 0 Å². The van der Waals surface area contributed by atoms with E-state index in [1.54, 1.807) is 6.92 Å². The van der Waals surface area contributed by atoms with Gasteiger partial charge in [-0.3, -0.25) is 0 Å². The van der Waals surface area contributed by atoms with Crippen molar-refractivity contribution in [2.75, 3.05) is 0 Å². The van der Waals surface area contributed by atoms with Gasteiger partial charge in [0.2, 0.25) is 0 Å². The van der Waals surface area contributed by atoms with Crippen LogP contribution in [0.25, 0.3) is 0 Å². The van der Waals surface area contributed by atoms with Gasteiger partial charge in [0.15, 0.2) is 0 Å². The molecule has 4 heteroatoms. The third kappa shape index (κ3) is 5.88. The summed E-state index contributed by atoms with van der Waals surface area (Å²) in [6.07, 6.45) is -6.19. The summed E-state index contributed by atoms with van der Waals surface area (Å²) < 4.78 is 34.2. The Hall–Kier alpha value is -0.250. The van der Waals surface area contributed by atoms with Gasteiger partial charge in [0.25, 0.3) is 0 Å². The maximum Gasteiger partial charge on any atom is 0.389 e. The van der Waals surface area contributed by atoms with Crippen LogP contribution in [0.15, 0.2) is 0 Å². The minimum absolute atomic E-state index is 0.274. The van der Waals surface area contributed by atoms with Crippen LogP contribution in [0.3, 0.4) is 0 Å². The van der Waals surface area contributed by atoms with Crippen molar-refractivity contribution in [1.82, 2.24) is 0 Å². The highest BCUT2D eigenvalue weighted by Crippen LogP contribution is 2.22. The van der Waals surface area contributed by atoms with Gasteiger partial charge in [-0.1, -0.05) is 6.92 Å². The molecule has 10 heavy (non-hydrogen) atoms. The first-order valence-corrected chi connectivity index (χ1v) is 3.18. The molecule has 0 rings (SSSR count). The third-order valence-electron chi connectivity index (χ3n) is 1.21. The summed E-state index contributed by atoms with van der Waals surface area (Å²) in [6, 6.07) is 0. The molecular weight excluding hydrogens is 145 g/mol. The minimum Gasteiger partial charge on any atom is -0.233 e. The topological polar surface area (TPSA) is 19.9 Å². The van der Waals surface area contributed by atoms with Crippen LogP contribution in [0.2, 0.25) is 0 Å². The monoisotopic (exact) mass is 155 g/mol. The maximum absolute atomic E-state index is 11.4. The lowest BCUT2D eigenvalue weighted by Gasteiger charge is -2.07. The second-order valence-corrected chi connectivity index (χ2v) is 2.18. The van der Waals surface area contributed by atoms with Crippen molar-refractivity contribution in [3.05, 3.63) is 0 Å². The lowest BCUT2D eigenvalue weighted by Crippen LogP contribution is -2.12. The highest BCUT2D eigenvalue weighted by Gasteiger charge is 2.27. The average molecular weight is 155 g/mol. The van der Waals surface area contributed by atoms with Crippen LogP contribution >= 0.6 is 0 Å². The molecule has 1 radical (unpaired) electrons. The zero-order valence-corrected chi connectivity index (χ0v) is 5.74. The van der Waals surface area contributed by atoms with Crippen LogP contribution in [0, 0.1) is 0 Å². The highest BCUT2D eigenvalue weighted by molar-refractivity contribution is 4.56. The van der Waals surface area contributed by atoms with Crippen LogP contribution in [0.4, 0.5) is 13.2 Å². The fourth-order valence-corrected chi connectivity index (χ4v) is 0.529. The molecule has 0 saturated carbocycles. The van der Waals surface area contributed by atoms with E-state index in [2.05, 4.69) is 0 Å². The Balaban J connectivity index is 3.36. The molecule has 0 aliphatic rings. The molecule has 1 atom stereocenters. The van der Waals surface area contributed by atoms with E-state index in [1.807, 2.05) is 0 Å². The molecule has 1 nitrogen and oxygen atoms in total. The van der Waals surface area contributed by atoms with Gasteiger partial charge < -0.3 is 0 Å². The highest BCUT2D eigenvalue weighted by atomic mass is 19.4. The normalized spacial score (nSPS) is 15.3. The quantitative estimate of drug-likeness (QED) is 0.596. The smallest absolute Gasteiger partial charge is 0.233 e. The summed E-state index contributed by atoms with van der Waals surface area (Å²) in [5.74, 6) is 0. The summed E-state index contributed by atoms with van der Waals surface area (Å²) in [4.78, 5) is 0. The number of halogens is 3. The molecule has 0 spiro atoms. The van der Waals surface area contributed by atoms with E-state index < -0.39 is 18.7 Å². The molecule has 0 aromatic heterocycles. The Morgan fingerprint density at radius 3 is 2.20 bits per heavy atom. The van der Waals surface area contributed by atoms with Crippen LogP contribution < -0.4 is 0 Å². The lowest BCUT2D eigenvalue weighted by molar-refractivity contribution is -0.142. The predicted molar refractivity (Wildman–Crippen MR) is 30.1 cm³/mol. The van der Waals surface area contributed by atoms with Crippen molar-refractivity contribution in [2.45, 2.75) is 38.5 Å². The van der Waals surface area contributed by atoms with Crippen LogP contribution in [0.1, 0.15) is 26.2 Å². The van der Waals surface area contributed by atoms with Crippen molar-refractivity contribution in [3.63, 3.8) is 0 Å². The summed E-state index contributed by atoms with van der Waals surface area (Å²) in [5.41, 5.74) is 0. The molecule has 0 aliphatic heterocycles. The predicted octanol–water partition coefficient (Wildman–Crippen LogP) is 2.54. The first kappa shape index (κ1) is 9.75. The average Bonchev–Trinajstić information content (AvgIpc) is 1.81. The van der Waals surface area contributed by atoms with E-state index >= 15 is 0 Å². The second kappa shape index (κ2) is 3.81. The first-order valence-electron chi connectivity index (χ1n) is 3.18. The van der Waals surface area contributed by atoms with Crippen molar-refractivity contribution in [2.24, 2.45) is 0 Å². The number of rotatable bonds is 3. The lowest BCUT2D eigenvalue weighted by atomic mass is 10.1. The van der Waals surface area contributed by atoms with E-state index in [4.69, 9.17) is 0 Å². The largest absolute Gasteiger partial charge is 0.389 e. The van der Waals surface area contributed by atoms with Gasteiger partial charge in [-0.05, 0) is 12.8 Å². The molecule has 0 amide bonds. The Labute approximate surface area is 57.9 Å². The summed E-state index contributed by atoms with van der Waals surface area (Å²) in [5, 5.41) is 10.4. The zero-order chi connectivity index (χ0) is 8.20. The van der Waals surface area contributed by atoms with Crippen LogP contribution in [0.5, 0.6) is 0 Å². The molecule has 0 bridgehead atoms.